The van der Waals surface area contributed by atoms with Gasteiger partial charge in [0.2, 0.25) is 0 Å². The molecule has 1 aromatic heterocycles. The van der Waals surface area contributed by atoms with Gasteiger partial charge in [-0.1, -0.05) is 6.07 Å². The van der Waals surface area contributed by atoms with Crippen LogP contribution in [0.2, 0.25) is 0 Å². The van der Waals surface area contributed by atoms with Crippen LogP contribution >= 0.6 is 0 Å². The van der Waals surface area contributed by atoms with Gasteiger partial charge >= 0.3 is 0 Å². The van der Waals surface area contributed by atoms with Crippen LogP contribution in [0.15, 0.2) is 47.7 Å². The highest BCUT2D eigenvalue weighted by atomic mass is 16.5. The average molecular weight is 437 g/mol. The number of pyridine rings is 1. The summed E-state index contributed by atoms with van der Waals surface area (Å²) in [4.78, 5) is 31.9. The fourth-order valence-electron chi connectivity index (χ4n) is 4.28. The molecular weight excluding hydrogens is 408 g/mol. The van der Waals surface area contributed by atoms with Gasteiger partial charge in [0, 0.05) is 24.8 Å². The molecule has 8 heteroatoms. The zero-order valence-electron chi connectivity index (χ0n) is 18.9. The first-order valence-corrected chi connectivity index (χ1v) is 10.7. The van der Waals surface area contributed by atoms with Gasteiger partial charge in [0.1, 0.15) is 5.69 Å². The lowest BCUT2D eigenvalue weighted by molar-refractivity contribution is -0.137. The summed E-state index contributed by atoms with van der Waals surface area (Å²) in [5, 5.41) is 6.38. The molecule has 1 fully saturated rings. The summed E-state index contributed by atoms with van der Waals surface area (Å²) in [6.45, 7) is 4.91. The third-order valence-corrected chi connectivity index (χ3v) is 6.18. The molecular formula is C24H28N4O4. The normalized spacial score (nSPS) is 18.5. The van der Waals surface area contributed by atoms with Crippen molar-refractivity contribution < 1.29 is 19.1 Å². The number of hydrogen-bond acceptors (Lipinski definition) is 6. The third kappa shape index (κ3) is 3.81. The number of aromatic nitrogens is 1. The van der Waals surface area contributed by atoms with Gasteiger partial charge in [-0.25, -0.2) is 5.01 Å². The molecule has 168 valence electrons. The van der Waals surface area contributed by atoms with Gasteiger partial charge in [-0.2, -0.15) is 5.10 Å². The van der Waals surface area contributed by atoms with E-state index < -0.39 is 5.41 Å². The summed E-state index contributed by atoms with van der Waals surface area (Å²) in [5.74, 6) is 1.11. The Morgan fingerprint density at radius 1 is 1.06 bits per heavy atom. The molecule has 0 saturated carbocycles. The van der Waals surface area contributed by atoms with Gasteiger partial charge in [0.25, 0.3) is 11.8 Å². The van der Waals surface area contributed by atoms with Crippen molar-refractivity contribution in [3.63, 3.8) is 0 Å². The second kappa shape index (κ2) is 8.61. The molecule has 2 aliphatic rings. The topological polar surface area (TPSA) is 84.3 Å². The van der Waals surface area contributed by atoms with E-state index in [4.69, 9.17) is 14.6 Å². The second-order valence-corrected chi connectivity index (χ2v) is 8.53. The number of ether oxygens (including phenoxy) is 2. The first-order valence-electron chi connectivity index (χ1n) is 10.7. The average Bonchev–Trinajstić information content (AvgIpc) is 3.07. The van der Waals surface area contributed by atoms with Crippen molar-refractivity contribution in [3.05, 3.63) is 53.9 Å². The predicted octanol–water partition coefficient (Wildman–Crippen LogP) is 2.98. The minimum atomic E-state index is -0.763. The maximum Gasteiger partial charge on any atom is 0.272 e. The Labute approximate surface area is 187 Å². The Hall–Kier alpha value is -3.42. The molecule has 0 aliphatic carbocycles. The van der Waals surface area contributed by atoms with Crippen LogP contribution in [-0.4, -0.2) is 65.8 Å². The van der Waals surface area contributed by atoms with Crippen LogP contribution in [0, 0.1) is 5.41 Å². The van der Waals surface area contributed by atoms with E-state index in [0.29, 0.717) is 48.8 Å². The Bertz CT molecular complexity index is 1040. The van der Waals surface area contributed by atoms with E-state index in [-0.39, 0.29) is 17.9 Å². The van der Waals surface area contributed by atoms with Crippen LogP contribution in [0.1, 0.15) is 42.7 Å². The summed E-state index contributed by atoms with van der Waals surface area (Å²) in [5.41, 5.74) is 1.21. The quantitative estimate of drug-likeness (QED) is 0.720. The maximum atomic E-state index is 13.3. The number of hydrazone groups is 1. The number of methoxy groups -OCH3 is 2. The standard InChI is InChI=1S/C24H28N4O4/c1-24(2)21(16-8-9-19(31-3)20(15-16)32-4)26-28(23(24)30)17-10-13-27(14-11-17)22(29)18-7-5-6-12-25-18/h5-9,12,15,17H,10-11,13-14H2,1-4H3. The highest BCUT2D eigenvalue weighted by Gasteiger charge is 2.47. The van der Waals surface area contributed by atoms with Crippen molar-refractivity contribution >= 4 is 17.5 Å². The van der Waals surface area contributed by atoms with Gasteiger partial charge in [0.05, 0.1) is 31.4 Å². The molecule has 4 rings (SSSR count). The number of hydrogen-bond donors (Lipinski definition) is 0. The zero-order valence-corrected chi connectivity index (χ0v) is 18.9. The number of carbonyl (C=O) groups excluding carboxylic acids is 2. The number of piperidine rings is 1. The zero-order chi connectivity index (χ0) is 22.9. The van der Waals surface area contributed by atoms with Crippen LogP contribution in [0.5, 0.6) is 11.5 Å². The van der Waals surface area contributed by atoms with E-state index >= 15 is 0 Å². The van der Waals surface area contributed by atoms with E-state index in [0.717, 1.165) is 5.56 Å². The van der Waals surface area contributed by atoms with Crippen molar-refractivity contribution in [1.29, 1.82) is 0 Å². The molecule has 2 aromatic rings. The fraction of sp³-hybridized carbons (Fsp3) is 0.417. The number of benzene rings is 1. The molecule has 1 aromatic carbocycles. The summed E-state index contributed by atoms with van der Waals surface area (Å²) in [6, 6.07) is 10.8. The lowest BCUT2D eigenvalue weighted by Crippen LogP contribution is -2.47. The van der Waals surface area contributed by atoms with Crippen LogP contribution in [0.25, 0.3) is 0 Å². The number of likely N-dealkylation sites (tertiary alicyclic amines) is 1. The van der Waals surface area contributed by atoms with Crippen LogP contribution < -0.4 is 9.47 Å². The van der Waals surface area contributed by atoms with E-state index in [2.05, 4.69) is 4.98 Å². The Kier molecular flexibility index (Phi) is 5.86. The summed E-state index contributed by atoms with van der Waals surface area (Å²) in [6.07, 6.45) is 2.96. The molecule has 2 aliphatic heterocycles. The number of amides is 2. The number of rotatable bonds is 5. The molecule has 0 spiro atoms. The molecule has 2 amide bonds. The molecule has 0 unspecified atom stereocenters. The first kappa shape index (κ1) is 21.8. The summed E-state index contributed by atoms with van der Waals surface area (Å²) >= 11 is 0. The lowest BCUT2D eigenvalue weighted by Gasteiger charge is -2.35. The molecule has 8 nitrogen and oxygen atoms in total. The van der Waals surface area contributed by atoms with Gasteiger partial charge in [0.15, 0.2) is 11.5 Å². The minimum Gasteiger partial charge on any atom is -0.493 e. The number of carbonyl (C=O) groups is 2. The van der Waals surface area contributed by atoms with E-state index in [1.54, 1.807) is 42.5 Å². The Balaban J connectivity index is 1.52. The van der Waals surface area contributed by atoms with Crippen LogP contribution in [-0.2, 0) is 4.79 Å². The second-order valence-electron chi connectivity index (χ2n) is 8.53. The van der Waals surface area contributed by atoms with Crippen molar-refractivity contribution in [3.8, 4) is 11.5 Å². The minimum absolute atomic E-state index is 0.0308. The largest absolute Gasteiger partial charge is 0.493 e. The molecule has 1 saturated heterocycles. The van der Waals surface area contributed by atoms with Crippen molar-refractivity contribution in [1.82, 2.24) is 14.9 Å². The molecule has 3 heterocycles. The maximum absolute atomic E-state index is 13.3. The Morgan fingerprint density at radius 2 is 1.78 bits per heavy atom. The molecule has 0 radical (unpaired) electrons. The van der Waals surface area contributed by atoms with E-state index in [1.807, 2.05) is 38.1 Å². The monoisotopic (exact) mass is 436 g/mol. The fourth-order valence-corrected chi connectivity index (χ4v) is 4.28. The molecule has 0 N–H and O–H groups in total. The van der Waals surface area contributed by atoms with Crippen molar-refractivity contribution in [2.75, 3.05) is 27.3 Å². The summed E-state index contributed by atoms with van der Waals surface area (Å²) < 4.78 is 10.7. The summed E-state index contributed by atoms with van der Waals surface area (Å²) in [7, 11) is 3.17. The van der Waals surface area contributed by atoms with Gasteiger partial charge in [-0.3, -0.25) is 14.6 Å². The van der Waals surface area contributed by atoms with Crippen molar-refractivity contribution in [2.24, 2.45) is 10.5 Å². The third-order valence-electron chi connectivity index (χ3n) is 6.18. The number of nitrogens with zero attached hydrogens (tertiary/aromatic N) is 4. The predicted molar refractivity (Wildman–Crippen MR) is 120 cm³/mol. The van der Waals surface area contributed by atoms with Crippen LogP contribution in [0.3, 0.4) is 0 Å². The van der Waals surface area contributed by atoms with Gasteiger partial charge < -0.3 is 14.4 Å². The highest BCUT2D eigenvalue weighted by Crippen LogP contribution is 2.37. The smallest absolute Gasteiger partial charge is 0.272 e. The van der Waals surface area contributed by atoms with Crippen LogP contribution in [0.4, 0.5) is 0 Å². The Morgan fingerprint density at radius 3 is 2.41 bits per heavy atom. The highest BCUT2D eigenvalue weighted by molar-refractivity contribution is 6.19. The molecule has 0 atom stereocenters. The molecule has 32 heavy (non-hydrogen) atoms. The van der Waals surface area contributed by atoms with Crippen molar-refractivity contribution in [2.45, 2.75) is 32.7 Å². The van der Waals surface area contributed by atoms with E-state index in [9.17, 15) is 9.59 Å². The van der Waals surface area contributed by atoms with Gasteiger partial charge in [-0.05, 0) is 57.0 Å². The first-order chi connectivity index (χ1) is 15.4. The SMILES string of the molecule is COc1ccc(C2=NN(C3CCN(C(=O)c4ccccn4)CC3)C(=O)C2(C)C)cc1OC. The lowest BCUT2D eigenvalue weighted by atomic mass is 9.83. The van der Waals surface area contributed by atoms with Gasteiger partial charge in [-0.15, -0.1) is 0 Å². The van der Waals surface area contributed by atoms with E-state index in [1.165, 1.54) is 0 Å². The molecule has 0 bridgehead atoms.